The Hall–Kier alpha value is -3.42. The molecule has 2 unspecified atom stereocenters. The Kier molecular flexibility index (Phi) is 4.23. The number of rotatable bonds is 5. The Bertz CT molecular complexity index is 790. The van der Waals surface area contributed by atoms with E-state index in [2.05, 4.69) is 0 Å². The minimum absolute atomic E-state index is 0.0318. The fraction of sp³-hybridized carbons (Fsp3) is 0.125. The summed E-state index contributed by atoms with van der Waals surface area (Å²) in [6.45, 7) is 0. The molecule has 24 heavy (non-hydrogen) atoms. The van der Waals surface area contributed by atoms with Gasteiger partial charge in [0.2, 0.25) is 0 Å². The molecular weight excluding hydrogens is 320 g/mol. The summed E-state index contributed by atoms with van der Waals surface area (Å²) in [7, 11) is 0. The standard InChI is InChI=1S/C16H12O8/c17-12(18)9-6-11(14(21)22)16(15(23)24,7-10(9)13(19)20)8-4-2-1-3-5-8/h1-7,11H,(H,17,18)(H,19,20)(H,21,22)(H,23,24). The van der Waals surface area contributed by atoms with Gasteiger partial charge in [-0.15, -0.1) is 0 Å². The first-order chi connectivity index (χ1) is 11.2. The molecule has 124 valence electrons. The second-order valence-electron chi connectivity index (χ2n) is 5.10. The third-order valence-electron chi connectivity index (χ3n) is 3.82. The van der Waals surface area contributed by atoms with Gasteiger partial charge < -0.3 is 20.4 Å². The van der Waals surface area contributed by atoms with E-state index in [1.54, 1.807) is 6.07 Å². The van der Waals surface area contributed by atoms with Gasteiger partial charge in [-0.1, -0.05) is 36.4 Å². The number of hydrogen-bond acceptors (Lipinski definition) is 4. The van der Waals surface area contributed by atoms with Gasteiger partial charge in [-0.3, -0.25) is 9.59 Å². The third kappa shape index (κ3) is 2.54. The van der Waals surface area contributed by atoms with Crippen LogP contribution in [0, 0.1) is 5.92 Å². The Balaban J connectivity index is 2.86. The van der Waals surface area contributed by atoms with Crippen LogP contribution >= 0.6 is 0 Å². The van der Waals surface area contributed by atoms with E-state index < -0.39 is 46.4 Å². The molecule has 2 rings (SSSR count). The van der Waals surface area contributed by atoms with Crippen molar-refractivity contribution in [1.82, 2.24) is 0 Å². The van der Waals surface area contributed by atoms with Crippen molar-refractivity contribution in [2.75, 3.05) is 0 Å². The Labute approximate surface area is 135 Å². The van der Waals surface area contributed by atoms with E-state index in [4.69, 9.17) is 5.11 Å². The molecule has 0 heterocycles. The zero-order valence-electron chi connectivity index (χ0n) is 12.0. The molecule has 0 radical (unpaired) electrons. The molecule has 8 heteroatoms. The molecule has 1 aromatic carbocycles. The zero-order chi connectivity index (χ0) is 18.1. The maximum atomic E-state index is 12.0. The quantitative estimate of drug-likeness (QED) is 0.617. The highest BCUT2D eigenvalue weighted by Gasteiger charge is 2.52. The SMILES string of the molecule is O=C(O)C1=CC(C(=O)O)C(C(=O)O)(c2ccccc2)C=C1C(=O)O. The van der Waals surface area contributed by atoms with E-state index in [1.807, 2.05) is 0 Å². The molecule has 1 aromatic rings. The normalized spacial score (nSPS) is 22.9. The largest absolute Gasteiger partial charge is 0.481 e. The maximum absolute atomic E-state index is 12.0. The van der Waals surface area contributed by atoms with E-state index >= 15 is 0 Å². The highest BCUT2D eigenvalue weighted by molar-refractivity contribution is 6.09. The molecule has 0 aromatic heterocycles. The second-order valence-corrected chi connectivity index (χ2v) is 5.10. The average Bonchev–Trinajstić information content (AvgIpc) is 2.53. The molecule has 1 aliphatic rings. The number of aliphatic carboxylic acids is 4. The summed E-state index contributed by atoms with van der Waals surface area (Å²) < 4.78 is 0. The number of carboxylic acid groups (broad SMARTS) is 4. The lowest BCUT2D eigenvalue weighted by molar-refractivity contribution is -0.152. The number of hydrogen-bond donors (Lipinski definition) is 4. The van der Waals surface area contributed by atoms with Crippen molar-refractivity contribution < 1.29 is 39.6 Å². The van der Waals surface area contributed by atoms with Crippen molar-refractivity contribution in [3.05, 3.63) is 59.2 Å². The number of carboxylic acids is 4. The molecule has 8 nitrogen and oxygen atoms in total. The molecule has 0 amide bonds. The third-order valence-corrected chi connectivity index (χ3v) is 3.82. The van der Waals surface area contributed by atoms with Gasteiger partial charge >= 0.3 is 23.9 Å². The van der Waals surface area contributed by atoms with Crippen molar-refractivity contribution in [2.45, 2.75) is 5.41 Å². The summed E-state index contributed by atoms with van der Waals surface area (Å²) in [6.07, 6.45) is 1.35. The van der Waals surface area contributed by atoms with Crippen LogP contribution in [-0.2, 0) is 24.6 Å². The predicted molar refractivity (Wildman–Crippen MR) is 78.3 cm³/mol. The first-order valence-corrected chi connectivity index (χ1v) is 6.65. The minimum Gasteiger partial charge on any atom is -0.481 e. The van der Waals surface area contributed by atoms with Gasteiger partial charge in [-0.25, -0.2) is 9.59 Å². The van der Waals surface area contributed by atoms with E-state index in [0.717, 1.165) is 0 Å². The lowest BCUT2D eigenvalue weighted by atomic mass is 9.65. The molecule has 0 bridgehead atoms. The molecule has 0 fully saturated rings. The van der Waals surface area contributed by atoms with Crippen LogP contribution in [0.5, 0.6) is 0 Å². The Morgan fingerprint density at radius 2 is 1.38 bits per heavy atom. The van der Waals surface area contributed by atoms with Gasteiger partial charge in [0.1, 0.15) is 5.41 Å². The number of carbonyl (C=O) groups is 4. The van der Waals surface area contributed by atoms with Crippen LogP contribution in [0.1, 0.15) is 5.56 Å². The first-order valence-electron chi connectivity index (χ1n) is 6.65. The lowest BCUT2D eigenvalue weighted by Crippen LogP contribution is -2.47. The van der Waals surface area contributed by atoms with Crippen molar-refractivity contribution in [1.29, 1.82) is 0 Å². The summed E-state index contributed by atoms with van der Waals surface area (Å²) in [5.41, 5.74) is -3.74. The summed E-state index contributed by atoms with van der Waals surface area (Å²) in [5.74, 6) is -8.27. The average molecular weight is 332 g/mol. The van der Waals surface area contributed by atoms with Crippen LogP contribution in [0.4, 0.5) is 0 Å². The lowest BCUT2D eigenvalue weighted by Gasteiger charge is -2.34. The van der Waals surface area contributed by atoms with Gasteiger partial charge in [-0.2, -0.15) is 0 Å². The summed E-state index contributed by atoms with van der Waals surface area (Å²) in [4.78, 5) is 46.2. The highest BCUT2D eigenvalue weighted by Crippen LogP contribution is 2.42. The van der Waals surface area contributed by atoms with E-state index in [1.165, 1.54) is 24.3 Å². The smallest absolute Gasteiger partial charge is 0.336 e. The van der Waals surface area contributed by atoms with Crippen LogP contribution in [0.3, 0.4) is 0 Å². The topological polar surface area (TPSA) is 149 Å². The van der Waals surface area contributed by atoms with Crippen molar-refractivity contribution in [2.24, 2.45) is 5.92 Å². The minimum atomic E-state index is -2.24. The molecule has 0 aliphatic heterocycles. The molecule has 4 N–H and O–H groups in total. The summed E-state index contributed by atoms with van der Waals surface area (Å²) in [5, 5.41) is 37.5. The van der Waals surface area contributed by atoms with Crippen molar-refractivity contribution in [3.63, 3.8) is 0 Å². The van der Waals surface area contributed by atoms with Crippen LogP contribution in [0.2, 0.25) is 0 Å². The predicted octanol–water partition coefficient (Wildman–Crippen LogP) is 0.745. The molecule has 0 saturated carbocycles. The summed E-state index contributed by atoms with van der Waals surface area (Å²) >= 11 is 0. The Morgan fingerprint density at radius 3 is 1.79 bits per heavy atom. The zero-order valence-corrected chi connectivity index (χ0v) is 12.0. The van der Waals surface area contributed by atoms with Gasteiger partial charge in [-0.05, 0) is 11.6 Å². The molecular formula is C16H12O8. The second kappa shape index (κ2) is 5.99. The van der Waals surface area contributed by atoms with Crippen LogP contribution in [-0.4, -0.2) is 44.3 Å². The first kappa shape index (κ1) is 16.9. The van der Waals surface area contributed by atoms with Crippen molar-refractivity contribution >= 4 is 23.9 Å². The van der Waals surface area contributed by atoms with Gasteiger partial charge in [0.05, 0.1) is 17.1 Å². The maximum Gasteiger partial charge on any atom is 0.336 e. The van der Waals surface area contributed by atoms with E-state index in [0.29, 0.717) is 12.2 Å². The van der Waals surface area contributed by atoms with Crippen molar-refractivity contribution in [3.8, 4) is 0 Å². The fourth-order valence-electron chi connectivity index (χ4n) is 2.71. The fourth-order valence-corrected chi connectivity index (χ4v) is 2.71. The monoisotopic (exact) mass is 332 g/mol. The summed E-state index contributed by atoms with van der Waals surface area (Å²) in [6, 6.07) is 7.23. The molecule has 1 aliphatic carbocycles. The molecule has 0 spiro atoms. The van der Waals surface area contributed by atoms with Crippen LogP contribution in [0.25, 0.3) is 0 Å². The number of benzene rings is 1. The van der Waals surface area contributed by atoms with E-state index in [9.17, 15) is 34.5 Å². The van der Waals surface area contributed by atoms with E-state index in [-0.39, 0.29) is 5.56 Å². The highest BCUT2D eigenvalue weighted by atomic mass is 16.4. The van der Waals surface area contributed by atoms with Gasteiger partial charge in [0.25, 0.3) is 0 Å². The molecule has 2 atom stereocenters. The Morgan fingerprint density at radius 1 is 0.833 bits per heavy atom. The van der Waals surface area contributed by atoms with Crippen LogP contribution in [0.15, 0.2) is 53.6 Å². The molecule has 0 saturated heterocycles. The van der Waals surface area contributed by atoms with Crippen LogP contribution < -0.4 is 0 Å². The van der Waals surface area contributed by atoms with Gasteiger partial charge in [0, 0.05) is 0 Å². The van der Waals surface area contributed by atoms with Gasteiger partial charge in [0.15, 0.2) is 0 Å².